The third kappa shape index (κ3) is 4.99. The molecule has 2 rings (SSSR count). The van der Waals surface area contributed by atoms with Crippen molar-refractivity contribution in [1.82, 2.24) is 0 Å². The summed E-state index contributed by atoms with van der Waals surface area (Å²) in [5, 5.41) is 7.59. The highest BCUT2D eigenvalue weighted by atomic mass is 35.5. The second kappa shape index (κ2) is 9.57. The van der Waals surface area contributed by atoms with E-state index in [0.717, 1.165) is 25.3 Å². The quantitative estimate of drug-likeness (QED) is 0.620. The molecule has 1 aromatic carbocycles. The van der Waals surface area contributed by atoms with Crippen LogP contribution in [0.2, 0.25) is 5.02 Å². The minimum atomic E-state index is -4.62. The van der Waals surface area contributed by atoms with Crippen molar-refractivity contribution >= 4 is 45.2 Å². The zero-order chi connectivity index (χ0) is 22.6. The molecule has 0 heterocycles. The maximum atomic E-state index is 13.5. The lowest BCUT2D eigenvalue weighted by molar-refractivity contribution is -0.143. The van der Waals surface area contributed by atoms with Gasteiger partial charge in [-0.25, -0.2) is 21.9 Å². The highest BCUT2D eigenvalue weighted by Gasteiger charge is 2.43. The molecular formula is C19H21ClFNO7S. The number of amides is 1. The summed E-state index contributed by atoms with van der Waals surface area (Å²) in [4.78, 5) is 36.3. The number of methoxy groups -OCH3 is 1. The molecule has 1 unspecified atom stereocenters. The summed E-state index contributed by atoms with van der Waals surface area (Å²) in [6.07, 6.45) is 1.66. The van der Waals surface area contributed by atoms with Crippen molar-refractivity contribution in [3.63, 3.8) is 0 Å². The number of rotatable bonds is 7. The number of carbonyl (C=O) groups is 3. The summed E-state index contributed by atoms with van der Waals surface area (Å²) in [5.74, 6) is -5.04. The minimum absolute atomic E-state index is 0.0194. The van der Waals surface area contributed by atoms with Gasteiger partial charge in [-0.1, -0.05) is 24.6 Å². The van der Waals surface area contributed by atoms with Gasteiger partial charge in [-0.15, -0.1) is 0 Å². The van der Waals surface area contributed by atoms with Crippen molar-refractivity contribution in [3.8, 4) is 0 Å². The van der Waals surface area contributed by atoms with Gasteiger partial charge < -0.3 is 9.84 Å². The van der Waals surface area contributed by atoms with Gasteiger partial charge in [0.2, 0.25) is 15.9 Å². The van der Waals surface area contributed by atoms with Crippen LogP contribution in [-0.4, -0.2) is 43.7 Å². The first kappa shape index (κ1) is 23.8. The Morgan fingerprint density at radius 3 is 2.60 bits per heavy atom. The standard InChI is InChI=1S/C19H21ClFNO7S/c1-11(9-17(23)29-2)18(24)22(15-8-7-12(21)10-14(15)20)30(27,28)16-6-4-3-5-13(16)19(25)26/h5,7-8,10-11,16H,3-4,6,9H2,1-2H3,(H,25,26)/t11?,16-/m1/s1. The zero-order valence-corrected chi connectivity index (χ0v) is 17.9. The van der Waals surface area contributed by atoms with Crippen LogP contribution in [0.1, 0.15) is 32.6 Å². The van der Waals surface area contributed by atoms with E-state index in [9.17, 15) is 32.3 Å². The molecule has 2 atom stereocenters. The fraction of sp³-hybridized carbons (Fsp3) is 0.421. The number of ether oxygens (including phenoxy) is 1. The first-order valence-corrected chi connectivity index (χ1v) is 10.9. The maximum absolute atomic E-state index is 13.5. The average Bonchev–Trinajstić information content (AvgIpc) is 2.69. The zero-order valence-electron chi connectivity index (χ0n) is 16.3. The number of halogens is 2. The van der Waals surface area contributed by atoms with Gasteiger partial charge in [-0.2, -0.15) is 0 Å². The molecule has 1 aromatic rings. The van der Waals surface area contributed by atoms with Crippen LogP contribution in [0.5, 0.6) is 0 Å². The third-order valence-corrected chi connectivity index (χ3v) is 7.09. The van der Waals surface area contributed by atoms with Gasteiger partial charge in [-0.05, 0) is 37.5 Å². The number of esters is 1. The second-order valence-electron chi connectivity index (χ2n) is 6.81. The van der Waals surface area contributed by atoms with E-state index in [2.05, 4.69) is 4.74 Å². The number of anilines is 1. The molecule has 1 aliphatic carbocycles. The molecule has 0 fully saturated rings. The molecule has 0 spiro atoms. The lowest BCUT2D eigenvalue weighted by Gasteiger charge is -2.31. The Bertz CT molecular complexity index is 993. The fourth-order valence-corrected chi connectivity index (χ4v) is 5.56. The largest absolute Gasteiger partial charge is 0.478 e. The van der Waals surface area contributed by atoms with Gasteiger partial charge in [-0.3, -0.25) is 9.59 Å². The number of sulfonamides is 1. The highest BCUT2D eigenvalue weighted by molar-refractivity contribution is 7.94. The molecule has 30 heavy (non-hydrogen) atoms. The van der Waals surface area contributed by atoms with Gasteiger partial charge in [0.15, 0.2) is 0 Å². The normalized spacial score (nSPS) is 17.6. The van der Waals surface area contributed by atoms with Crippen LogP contribution in [0.25, 0.3) is 0 Å². The van der Waals surface area contributed by atoms with Crippen LogP contribution in [0, 0.1) is 11.7 Å². The Hall–Kier alpha value is -2.46. The fourth-order valence-electron chi connectivity index (χ4n) is 3.16. The Kier molecular flexibility index (Phi) is 7.59. The van der Waals surface area contributed by atoms with E-state index in [1.807, 2.05) is 0 Å². The van der Waals surface area contributed by atoms with Gasteiger partial charge in [0.1, 0.15) is 11.1 Å². The number of nitrogens with zero attached hydrogens (tertiary/aromatic N) is 1. The van der Waals surface area contributed by atoms with Crippen molar-refractivity contribution in [1.29, 1.82) is 0 Å². The van der Waals surface area contributed by atoms with Crippen LogP contribution < -0.4 is 4.31 Å². The summed E-state index contributed by atoms with van der Waals surface area (Å²) in [6.45, 7) is 1.33. The predicted molar refractivity (Wildman–Crippen MR) is 107 cm³/mol. The van der Waals surface area contributed by atoms with E-state index < -0.39 is 51.3 Å². The van der Waals surface area contributed by atoms with Gasteiger partial charge in [0, 0.05) is 5.92 Å². The first-order valence-electron chi connectivity index (χ1n) is 9.03. The molecular weight excluding hydrogens is 441 g/mol. The van der Waals surface area contributed by atoms with E-state index in [0.29, 0.717) is 17.1 Å². The molecule has 1 N–H and O–H groups in total. The number of carboxylic acid groups (broad SMARTS) is 1. The molecule has 11 heteroatoms. The van der Waals surface area contributed by atoms with Crippen molar-refractivity contribution in [2.75, 3.05) is 11.4 Å². The molecule has 0 bridgehead atoms. The second-order valence-corrected chi connectivity index (χ2v) is 9.18. The minimum Gasteiger partial charge on any atom is -0.478 e. The Labute approximate surface area is 178 Å². The van der Waals surface area contributed by atoms with Crippen LogP contribution in [0.4, 0.5) is 10.1 Å². The van der Waals surface area contributed by atoms with Crippen molar-refractivity contribution in [2.24, 2.45) is 5.92 Å². The molecule has 0 saturated carbocycles. The average molecular weight is 462 g/mol. The first-order chi connectivity index (χ1) is 14.0. The molecule has 1 amide bonds. The van der Waals surface area contributed by atoms with E-state index in [1.165, 1.54) is 13.0 Å². The summed E-state index contributed by atoms with van der Waals surface area (Å²) in [7, 11) is -3.50. The van der Waals surface area contributed by atoms with Crippen LogP contribution in [-0.2, 0) is 29.1 Å². The van der Waals surface area contributed by atoms with E-state index in [4.69, 9.17) is 11.6 Å². The Morgan fingerprint density at radius 2 is 2.03 bits per heavy atom. The van der Waals surface area contributed by atoms with Crippen molar-refractivity contribution in [2.45, 2.75) is 37.9 Å². The lowest BCUT2D eigenvalue weighted by Crippen LogP contribution is -2.47. The molecule has 164 valence electrons. The number of aliphatic carboxylic acids is 1. The van der Waals surface area contributed by atoms with Crippen LogP contribution >= 0.6 is 11.6 Å². The SMILES string of the molecule is COC(=O)CC(C)C(=O)N(c1ccc(F)cc1Cl)S(=O)(=O)[C@@H]1CCCC=C1C(=O)O. The van der Waals surface area contributed by atoms with Crippen molar-refractivity contribution < 1.29 is 37.0 Å². The van der Waals surface area contributed by atoms with Gasteiger partial charge in [0.25, 0.3) is 0 Å². The topological polar surface area (TPSA) is 118 Å². The number of hydrogen-bond acceptors (Lipinski definition) is 6. The van der Waals surface area contributed by atoms with Crippen LogP contribution in [0.3, 0.4) is 0 Å². The Morgan fingerprint density at radius 1 is 1.37 bits per heavy atom. The number of carbonyl (C=O) groups excluding carboxylic acids is 2. The monoisotopic (exact) mass is 461 g/mol. The van der Waals surface area contributed by atoms with E-state index in [1.54, 1.807) is 0 Å². The molecule has 0 aliphatic heterocycles. The molecule has 0 saturated heterocycles. The smallest absolute Gasteiger partial charge is 0.332 e. The highest BCUT2D eigenvalue weighted by Crippen LogP contribution is 2.35. The molecule has 0 radical (unpaired) electrons. The molecule has 8 nitrogen and oxygen atoms in total. The van der Waals surface area contributed by atoms with Gasteiger partial charge >= 0.3 is 11.9 Å². The van der Waals surface area contributed by atoms with Crippen molar-refractivity contribution in [3.05, 3.63) is 40.7 Å². The van der Waals surface area contributed by atoms with E-state index >= 15 is 0 Å². The van der Waals surface area contributed by atoms with E-state index in [-0.39, 0.29) is 22.7 Å². The van der Waals surface area contributed by atoms with Crippen LogP contribution in [0.15, 0.2) is 29.8 Å². The number of hydrogen-bond donors (Lipinski definition) is 1. The lowest BCUT2D eigenvalue weighted by atomic mass is 9.99. The number of allylic oxidation sites excluding steroid dienone is 1. The molecule has 1 aliphatic rings. The third-order valence-electron chi connectivity index (χ3n) is 4.69. The summed E-state index contributed by atoms with van der Waals surface area (Å²) >= 11 is 6.03. The number of carboxylic acids is 1. The summed E-state index contributed by atoms with van der Waals surface area (Å²) in [5.41, 5.74) is -0.673. The predicted octanol–water partition coefficient (Wildman–Crippen LogP) is 2.90. The van der Waals surface area contributed by atoms with Gasteiger partial charge in [0.05, 0.1) is 29.8 Å². The summed E-state index contributed by atoms with van der Waals surface area (Å²) < 4.78 is 45.4. The Balaban J connectivity index is 2.61. The number of benzene rings is 1. The summed E-state index contributed by atoms with van der Waals surface area (Å²) in [6, 6.07) is 2.79. The maximum Gasteiger partial charge on any atom is 0.332 e. The molecule has 0 aromatic heterocycles.